The smallest absolute Gasteiger partial charge is 0.232 e. The lowest BCUT2D eigenvalue weighted by Gasteiger charge is -2.36. The number of nitriles is 1. The molecule has 0 radical (unpaired) electrons. The molecule has 1 saturated carbocycles. The third-order valence-electron chi connectivity index (χ3n) is 6.00. The van der Waals surface area contributed by atoms with Gasteiger partial charge in [0.1, 0.15) is 11.9 Å². The molecule has 30 heavy (non-hydrogen) atoms. The van der Waals surface area contributed by atoms with Crippen LogP contribution in [0.4, 0.5) is 0 Å². The van der Waals surface area contributed by atoms with E-state index in [1.54, 1.807) is 12.4 Å². The Morgan fingerprint density at radius 1 is 1.00 bits per heavy atom. The highest BCUT2D eigenvalue weighted by Gasteiger charge is 2.37. The van der Waals surface area contributed by atoms with E-state index in [1.165, 1.54) is 6.42 Å². The highest BCUT2D eigenvalue weighted by molar-refractivity contribution is 5.82. The van der Waals surface area contributed by atoms with Crippen molar-refractivity contribution in [2.75, 3.05) is 0 Å². The van der Waals surface area contributed by atoms with Crippen LogP contribution in [-0.4, -0.2) is 20.7 Å². The first-order valence-corrected chi connectivity index (χ1v) is 10.4. The maximum absolute atomic E-state index is 13.1. The molecular weight excluding hydrogens is 372 g/mol. The maximum Gasteiger partial charge on any atom is 0.232 e. The predicted molar refractivity (Wildman–Crippen MR) is 115 cm³/mol. The summed E-state index contributed by atoms with van der Waals surface area (Å²) in [6, 6.07) is 16.0. The van der Waals surface area contributed by atoms with Crippen molar-refractivity contribution < 1.29 is 4.79 Å². The van der Waals surface area contributed by atoms with Gasteiger partial charge in [0, 0.05) is 36.8 Å². The number of hydrogen-bond donors (Lipinski definition) is 0. The number of aromatic nitrogens is 3. The minimum atomic E-state index is -0.278. The van der Waals surface area contributed by atoms with Gasteiger partial charge < -0.3 is 0 Å². The summed E-state index contributed by atoms with van der Waals surface area (Å²) in [5.41, 5.74) is 3.73. The van der Waals surface area contributed by atoms with Crippen LogP contribution in [0, 0.1) is 11.3 Å². The van der Waals surface area contributed by atoms with Crippen LogP contribution in [0.25, 0.3) is 11.1 Å². The summed E-state index contributed by atoms with van der Waals surface area (Å²) in [5.74, 6) is 0.388. The first kappa shape index (κ1) is 19.9. The van der Waals surface area contributed by atoms with Crippen molar-refractivity contribution in [2.45, 2.75) is 50.4 Å². The number of pyridine rings is 1. The number of rotatable bonds is 6. The molecule has 1 fully saturated rings. The van der Waals surface area contributed by atoms with Crippen molar-refractivity contribution >= 4 is 5.78 Å². The molecule has 0 bridgehead atoms. The van der Waals surface area contributed by atoms with Gasteiger partial charge in [0.15, 0.2) is 0 Å². The molecule has 0 amide bonds. The molecule has 0 atom stereocenters. The van der Waals surface area contributed by atoms with Crippen molar-refractivity contribution in [3.8, 4) is 17.2 Å². The molecule has 0 N–H and O–H groups in total. The largest absolute Gasteiger partial charge is 0.299 e. The summed E-state index contributed by atoms with van der Waals surface area (Å²) in [6.07, 6.45) is 11.3. The van der Waals surface area contributed by atoms with E-state index in [9.17, 15) is 10.1 Å². The van der Waals surface area contributed by atoms with Crippen LogP contribution in [-0.2, 0) is 16.6 Å². The van der Waals surface area contributed by atoms with Gasteiger partial charge in [-0.3, -0.25) is 9.78 Å². The molecule has 5 nitrogen and oxygen atoms in total. The topological polar surface area (TPSA) is 79.5 Å². The van der Waals surface area contributed by atoms with Crippen LogP contribution in [0.5, 0.6) is 0 Å². The summed E-state index contributed by atoms with van der Waals surface area (Å²) in [6.45, 7) is 0. The molecule has 0 spiro atoms. The summed E-state index contributed by atoms with van der Waals surface area (Å²) in [7, 11) is 0. The van der Waals surface area contributed by atoms with E-state index in [0.717, 1.165) is 48.1 Å². The number of nitrogens with zero attached hydrogens (tertiary/aromatic N) is 4. The molecule has 5 heteroatoms. The van der Waals surface area contributed by atoms with Crippen molar-refractivity contribution in [2.24, 2.45) is 0 Å². The van der Waals surface area contributed by atoms with Crippen LogP contribution >= 0.6 is 0 Å². The Morgan fingerprint density at radius 2 is 1.80 bits per heavy atom. The molecule has 2 aromatic heterocycles. The van der Waals surface area contributed by atoms with Crippen LogP contribution in [0.15, 0.2) is 61.1 Å². The molecule has 0 saturated heterocycles. The molecule has 150 valence electrons. The number of carbonyl (C=O) groups is 1. The minimum absolute atomic E-state index is 0.177. The fourth-order valence-corrected chi connectivity index (χ4v) is 4.48. The highest BCUT2D eigenvalue weighted by Crippen LogP contribution is 2.41. The van der Waals surface area contributed by atoms with Gasteiger partial charge in [-0.15, -0.1) is 0 Å². The van der Waals surface area contributed by atoms with Gasteiger partial charge in [0.25, 0.3) is 0 Å². The second kappa shape index (κ2) is 8.96. The maximum atomic E-state index is 13.1. The molecule has 1 aliphatic rings. The quantitative estimate of drug-likeness (QED) is 0.597. The van der Waals surface area contributed by atoms with Gasteiger partial charge in [0.05, 0.1) is 5.69 Å². The minimum Gasteiger partial charge on any atom is -0.299 e. The number of benzene rings is 1. The fraction of sp³-hybridized carbons (Fsp3) is 0.320. The Labute approximate surface area is 176 Å². The van der Waals surface area contributed by atoms with Gasteiger partial charge in [-0.1, -0.05) is 49.6 Å². The molecule has 3 aromatic rings. The van der Waals surface area contributed by atoms with Crippen LogP contribution in [0.3, 0.4) is 0 Å². The van der Waals surface area contributed by atoms with Crippen LogP contribution < -0.4 is 0 Å². The summed E-state index contributed by atoms with van der Waals surface area (Å²) in [5, 5.41) is 9.18. The van der Waals surface area contributed by atoms with Gasteiger partial charge in [-0.05, 0) is 41.7 Å². The second-order valence-electron chi connectivity index (χ2n) is 8.05. The molecule has 0 aliphatic heterocycles. The summed E-state index contributed by atoms with van der Waals surface area (Å²) in [4.78, 5) is 25.7. The third kappa shape index (κ3) is 4.44. The first-order chi connectivity index (χ1) is 14.7. The lowest BCUT2D eigenvalue weighted by Crippen LogP contribution is -2.33. The van der Waals surface area contributed by atoms with Gasteiger partial charge in [0.2, 0.25) is 5.82 Å². The van der Waals surface area contributed by atoms with Crippen molar-refractivity contribution in [1.29, 1.82) is 5.26 Å². The zero-order valence-corrected chi connectivity index (χ0v) is 16.9. The molecule has 0 unspecified atom stereocenters. The van der Waals surface area contributed by atoms with E-state index in [2.05, 4.69) is 15.0 Å². The number of carbonyl (C=O) groups excluding carboxylic acids is 1. The van der Waals surface area contributed by atoms with Crippen LogP contribution in [0.2, 0.25) is 0 Å². The Kier molecular flexibility index (Phi) is 5.94. The average Bonchev–Trinajstić information content (AvgIpc) is 2.81. The highest BCUT2D eigenvalue weighted by atomic mass is 16.1. The monoisotopic (exact) mass is 396 g/mol. The van der Waals surface area contributed by atoms with Crippen LogP contribution in [0.1, 0.15) is 55.6 Å². The van der Waals surface area contributed by atoms with Gasteiger partial charge >= 0.3 is 0 Å². The first-order valence-electron chi connectivity index (χ1n) is 10.4. The molecule has 2 heterocycles. The lowest BCUT2D eigenvalue weighted by atomic mass is 9.68. The molecule has 1 aromatic carbocycles. The second-order valence-corrected chi connectivity index (χ2v) is 8.05. The normalized spacial score (nSPS) is 15.3. The predicted octanol–water partition coefficient (Wildman–Crippen LogP) is 4.81. The standard InChI is InChI=1S/C25H24N4O/c26-17-24-28-14-10-23(29-24)25(11-2-1-3-12-25)16-22(30)15-19-6-8-20(9-7-19)21-5-4-13-27-18-21/h4-10,13-14,18H,1-3,11-12,15-16H2. The van der Waals surface area contributed by atoms with Crippen molar-refractivity contribution in [3.63, 3.8) is 0 Å². The molecule has 4 rings (SSSR count). The van der Waals surface area contributed by atoms with Crippen molar-refractivity contribution in [3.05, 3.63) is 78.1 Å². The van der Waals surface area contributed by atoms with E-state index >= 15 is 0 Å². The van der Waals surface area contributed by atoms with E-state index < -0.39 is 0 Å². The Bertz CT molecular complexity index is 1050. The Morgan fingerprint density at radius 3 is 2.50 bits per heavy atom. The molecule has 1 aliphatic carbocycles. The third-order valence-corrected chi connectivity index (χ3v) is 6.00. The number of hydrogen-bond acceptors (Lipinski definition) is 5. The van der Waals surface area contributed by atoms with E-state index in [0.29, 0.717) is 12.8 Å². The van der Waals surface area contributed by atoms with Crippen molar-refractivity contribution in [1.82, 2.24) is 15.0 Å². The zero-order chi connectivity index (χ0) is 20.8. The van der Waals surface area contributed by atoms with E-state index in [-0.39, 0.29) is 17.0 Å². The fourth-order valence-electron chi connectivity index (χ4n) is 4.48. The summed E-state index contributed by atoms with van der Waals surface area (Å²) < 4.78 is 0. The number of Topliss-reactive ketones (excluding diaryl/α,β-unsaturated/α-hetero) is 1. The Hall–Kier alpha value is -3.39. The van der Waals surface area contributed by atoms with E-state index in [4.69, 9.17) is 0 Å². The Balaban J connectivity index is 1.50. The van der Waals surface area contributed by atoms with E-state index in [1.807, 2.05) is 54.7 Å². The summed E-state index contributed by atoms with van der Waals surface area (Å²) >= 11 is 0. The average molecular weight is 396 g/mol. The van der Waals surface area contributed by atoms with Gasteiger partial charge in [-0.25, -0.2) is 9.97 Å². The van der Waals surface area contributed by atoms with Gasteiger partial charge in [-0.2, -0.15) is 5.26 Å². The molecular formula is C25H24N4O. The number of ketones is 1. The zero-order valence-electron chi connectivity index (χ0n) is 16.9. The SMILES string of the molecule is N#Cc1nccc(C2(CC(=O)Cc3ccc(-c4cccnc4)cc3)CCCCC2)n1. The lowest BCUT2D eigenvalue weighted by molar-refractivity contribution is -0.120.